The number of ether oxygens (including phenoxy) is 2. The Kier molecular flexibility index (Phi) is 5.11. The average molecular weight is 278 g/mol. The van der Waals surface area contributed by atoms with Crippen LogP contribution in [0.4, 0.5) is 0 Å². The van der Waals surface area contributed by atoms with Crippen LogP contribution in [0.15, 0.2) is 30.3 Å². The molecule has 2 rings (SSSR count). The molecule has 2 atom stereocenters. The van der Waals surface area contributed by atoms with E-state index in [1.54, 1.807) is 7.05 Å². The molecule has 0 saturated carbocycles. The Morgan fingerprint density at radius 1 is 1.50 bits per heavy atom. The van der Waals surface area contributed by atoms with Crippen molar-refractivity contribution in [3.63, 3.8) is 0 Å². The number of benzene rings is 1. The summed E-state index contributed by atoms with van der Waals surface area (Å²) in [7, 11) is 1.72. The number of rotatable bonds is 7. The van der Waals surface area contributed by atoms with Crippen molar-refractivity contribution >= 4 is 5.91 Å². The van der Waals surface area contributed by atoms with Crippen molar-refractivity contribution in [3.05, 3.63) is 35.9 Å². The van der Waals surface area contributed by atoms with Crippen molar-refractivity contribution in [2.45, 2.75) is 24.5 Å². The zero-order chi connectivity index (χ0) is 14.4. The number of hydrogen-bond acceptors (Lipinski definition) is 4. The first-order chi connectivity index (χ1) is 9.69. The molecule has 2 unspecified atom stereocenters. The smallest absolute Gasteiger partial charge is 0.244 e. The van der Waals surface area contributed by atoms with Crippen LogP contribution in [0.25, 0.3) is 0 Å². The normalized spacial score (nSPS) is 21.6. The third-order valence-corrected chi connectivity index (χ3v) is 3.76. The highest BCUT2D eigenvalue weighted by Gasteiger charge is 2.37. The first-order valence-electron chi connectivity index (χ1n) is 6.93. The fourth-order valence-corrected chi connectivity index (χ4v) is 2.48. The highest BCUT2D eigenvalue weighted by molar-refractivity contribution is 5.86. The molecule has 1 saturated heterocycles. The molecule has 110 valence electrons. The lowest BCUT2D eigenvalue weighted by molar-refractivity contribution is -0.128. The maximum absolute atomic E-state index is 11.9. The molecule has 1 fully saturated rings. The van der Waals surface area contributed by atoms with E-state index in [4.69, 9.17) is 15.2 Å². The summed E-state index contributed by atoms with van der Waals surface area (Å²) in [6, 6.07) is 9.40. The van der Waals surface area contributed by atoms with E-state index in [2.05, 4.69) is 5.32 Å². The highest BCUT2D eigenvalue weighted by Crippen LogP contribution is 2.22. The van der Waals surface area contributed by atoms with Crippen LogP contribution in [0.3, 0.4) is 0 Å². The van der Waals surface area contributed by atoms with Gasteiger partial charge in [-0.2, -0.15) is 0 Å². The maximum atomic E-state index is 11.9. The number of hydrogen-bond donors (Lipinski definition) is 2. The molecule has 1 aromatic carbocycles. The quantitative estimate of drug-likeness (QED) is 0.773. The van der Waals surface area contributed by atoms with Crippen molar-refractivity contribution in [2.24, 2.45) is 5.73 Å². The third kappa shape index (κ3) is 3.17. The number of carbonyl (C=O) groups excluding carboxylic acids is 1. The topological polar surface area (TPSA) is 73.6 Å². The Morgan fingerprint density at radius 3 is 2.80 bits per heavy atom. The largest absolute Gasteiger partial charge is 0.376 e. The van der Waals surface area contributed by atoms with Crippen LogP contribution in [0.5, 0.6) is 0 Å². The second-order valence-corrected chi connectivity index (χ2v) is 5.04. The van der Waals surface area contributed by atoms with E-state index in [0.717, 1.165) is 25.0 Å². The van der Waals surface area contributed by atoms with Gasteiger partial charge in [0.15, 0.2) is 0 Å². The third-order valence-electron chi connectivity index (χ3n) is 3.76. The van der Waals surface area contributed by atoms with Crippen LogP contribution in [0.2, 0.25) is 0 Å². The maximum Gasteiger partial charge on any atom is 0.244 e. The summed E-state index contributed by atoms with van der Waals surface area (Å²) in [5, 5.41) is 3.02. The zero-order valence-corrected chi connectivity index (χ0v) is 11.8. The highest BCUT2D eigenvalue weighted by atomic mass is 16.5. The second-order valence-electron chi connectivity index (χ2n) is 5.04. The Balaban J connectivity index is 2.05. The van der Waals surface area contributed by atoms with Gasteiger partial charge in [0.05, 0.1) is 19.3 Å². The molecule has 5 heteroatoms. The fourth-order valence-electron chi connectivity index (χ4n) is 2.48. The number of nitrogens with two attached hydrogens (primary N) is 1. The summed E-state index contributed by atoms with van der Waals surface area (Å²) in [4.78, 5) is 11.9. The second kappa shape index (κ2) is 6.83. The van der Waals surface area contributed by atoms with Gasteiger partial charge in [-0.05, 0) is 25.5 Å². The van der Waals surface area contributed by atoms with Crippen LogP contribution in [0, 0.1) is 0 Å². The van der Waals surface area contributed by atoms with Gasteiger partial charge in [-0.1, -0.05) is 30.3 Å². The van der Waals surface area contributed by atoms with Crippen molar-refractivity contribution in [2.75, 3.05) is 26.9 Å². The van der Waals surface area contributed by atoms with E-state index in [9.17, 15) is 4.79 Å². The van der Waals surface area contributed by atoms with Gasteiger partial charge in [-0.15, -0.1) is 0 Å². The van der Waals surface area contributed by atoms with E-state index in [1.165, 1.54) is 0 Å². The lowest BCUT2D eigenvalue weighted by Gasteiger charge is -2.30. The minimum absolute atomic E-state index is 0.133. The number of likely N-dealkylation sites (N-methyl/N-ethyl adjacent to an activating group) is 1. The van der Waals surface area contributed by atoms with E-state index < -0.39 is 11.4 Å². The summed E-state index contributed by atoms with van der Waals surface area (Å²) >= 11 is 0. The SMILES string of the molecule is CNC(COCC1CCCO1)(C(N)=O)c1ccccc1. The molecule has 20 heavy (non-hydrogen) atoms. The molecule has 3 N–H and O–H groups in total. The minimum atomic E-state index is -1.00. The molecule has 1 aliphatic rings. The van der Waals surface area contributed by atoms with Crippen LogP contribution in [-0.4, -0.2) is 38.9 Å². The summed E-state index contributed by atoms with van der Waals surface area (Å²) in [6.07, 6.45) is 2.21. The molecule has 1 amide bonds. The first-order valence-corrected chi connectivity index (χ1v) is 6.93. The number of nitrogens with one attached hydrogen (secondary N) is 1. The Hall–Kier alpha value is -1.43. The predicted octanol–water partition coefficient (Wildman–Crippen LogP) is 0.782. The zero-order valence-electron chi connectivity index (χ0n) is 11.8. The Morgan fingerprint density at radius 2 is 2.25 bits per heavy atom. The summed E-state index contributed by atoms with van der Waals surface area (Å²) < 4.78 is 11.2. The van der Waals surface area contributed by atoms with Crippen molar-refractivity contribution in [1.82, 2.24) is 5.32 Å². The summed E-state index contributed by atoms with van der Waals surface area (Å²) in [5.74, 6) is -0.446. The summed E-state index contributed by atoms with van der Waals surface area (Å²) in [6.45, 7) is 1.48. The number of carbonyl (C=O) groups is 1. The van der Waals surface area contributed by atoms with Gasteiger partial charge >= 0.3 is 0 Å². The molecule has 0 bridgehead atoms. The molecule has 1 heterocycles. The molecule has 5 nitrogen and oxygen atoms in total. The molecule has 0 aliphatic carbocycles. The monoisotopic (exact) mass is 278 g/mol. The van der Waals surface area contributed by atoms with Crippen molar-refractivity contribution in [3.8, 4) is 0 Å². The van der Waals surface area contributed by atoms with E-state index >= 15 is 0 Å². The molecular formula is C15H22N2O3. The molecule has 1 aromatic rings. The minimum Gasteiger partial charge on any atom is -0.376 e. The molecule has 0 radical (unpaired) electrons. The Labute approximate surface area is 119 Å². The van der Waals surface area contributed by atoms with Crippen LogP contribution in [-0.2, 0) is 19.8 Å². The van der Waals surface area contributed by atoms with Crippen LogP contribution >= 0.6 is 0 Å². The lowest BCUT2D eigenvalue weighted by Crippen LogP contribution is -2.54. The van der Waals surface area contributed by atoms with Gasteiger partial charge in [-0.25, -0.2) is 0 Å². The fraction of sp³-hybridized carbons (Fsp3) is 0.533. The van der Waals surface area contributed by atoms with Crippen LogP contribution < -0.4 is 11.1 Å². The van der Waals surface area contributed by atoms with Crippen molar-refractivity contribution < 1.29 is 14.3 Å². The van der Waals surface area contributed by atoms with Gasteiger partial charge in [0.1, 0.15) is 5.54 Å². The van der Waals surface area contributed by atoms with Gasteiger partial charge in [0, 0.05) is 6.61 Å². The van der Waals surface area contributed by atoms with Gasteiger partial charge in [0.25, 0.3) is 0 Å². The molecule has 0 spiro atoms. The molecule has 0 aromatic heterocycles. The standard InChI is InChI=1S/C15H22N2O3/c1-17-15(14(16)18,12-6-3-2-4-7-12)11-19-10-13-8-5-9-20-13/h2-4,6-7,13,17H,5,8-11H2,1H3,(H2,16,18). The van der Waals surface area contributed by atoms with Gasteiger partial charge < -0.3 is 20.5 Å². The number of primary amides is 1. The van der Waals surface area contributed by atoms with Crippen LogP contribution in [0.1, 0.15) is 18.4 Å². The summed E-state index contributed by atoms with van der Waals surface area (Å²) in [5.41, 5.74) is 5.40. The van der Waals surface area contributed by atoms with Gasteiger partial charge in [0.2, 0.25) is 5.91 Å². The predicted molar refractivity (Wildman–Crippen MR) is 76.2 cm³/mol. The first kappa shape index (κ1) is 15.0. The van der Waals surface area contributed by atoms with E-state index in [-0.39, 0.29) is 12.7 Å². The Bertz CT molecular complexity index is 432. The average Bonchev–Trinajstić information content (AvgIpc) is 2.97. The van der Waals surface area contributed by atoms with E-state index in [0.29, 0.717) is 6.61 Å². The molecule has 1 aliphatic heterocycles. The van der Waals surface area contributed by atoms with Crippen molar-refractivity contribution in [1.29, 1.82) is 0 Å². The lowest BCUT2D eigenvalue weighted by atomic mass is 9.90. The van der Waals surface area contributed by atoms with Gasteiger partial charge in [-0.3, -0.25) is 4.79 Å². The van der Waals surface area contributed by atoms with E-state index in [1.807, 2.05) is 30.3 Å². The molecular weight excluding hydrogens is 256 g/mol. The number of amides is 1.